The number of rotatable bonds is 4. The van der Waals surface area contributed by atoms with Gasteiger partial charge in [-0.3, -0.25) is 4.99 Å². The monoisotopic (exact) mass is 296 g/mol. The van der Waals surface area contributed by atoms with Crippen molar-refractivity contribution in [1.82, 2.24) is 4.90 Å². The van der Waals surface area contributed by atoms with Crippen molar-refractivity contribution in [1.29, 1.82) is 0 Å². The van der Waals surface area contributed by atoms with E-state index >= 15 is 0 Å². The van der Waals surface area contributed by atoms with Crippen LogP contribution in [-0.4, -0.2) is 40.6 Å². The van der Waals surface area contributed by atoms with E-state index in [9.17, 15) is 10.2 Å². The second kappa shape index (κ2) is 6.10. The van der Waals surface area contributed by atoms with Gasteiger partial charge in [0.15, 0.2) is 11.5 Å². The summed E-state index contributed by atoms with van der Waals surface area (Å²) < 4.78 is 0. The summed E-state index contributed by atoms with van der Waals surface area (Å²) >= 11 is 0. The number of hydrogen-bond donors (Lipinski definition) is 2. The minimum absolute atomic E-state index is 0.0837. The van der Waals surface area contributed by atoms with Crippen LogP contribution >= 0.6 is 0 Å². The maximum absolute atomic E-state index is 9.58. The summed E-state index contributed by atoms with van der Waals surface area (Å²) in [6.45, 7) is 0.796. The third-order valence-electron chi connectivity index (χ3n) is 4.16. The Morgan fingerprint density at radius 3 is 2.55 bits per heavy atom. The molecule has 0 radical (unpaired) electrons. The van der Waals surface area contributed by atoms with E-state index in [0.29, 0.717) is 12.5 Å². The van der Waals surface area contributed by atoms with Crippen LogP contribution in [0.15, 0.2) is 53.5 Å². The lowest BCUT2D eigenvalue weighted by Gasteiger charge is -2.23. The van der Waals surface area contributed by atoms with Crippen LogP contribution in [0.25, 0.3) is 0 Å². The third-order valence-corrected chi connectivity index (χ3v) is 4.16. The molecule has 114 valence electrons. The molecule has 0 saturated carbocycles. The van der Waals surface area contributed by atoms with E-state index in [0.717, 1.165) is 24.4 Å². The molecule has 2 aromatic carbocycles. The van der Waals surface area contributed by atoms with Crippen molar-refractivity contribution in [2.24, 2.45) is 4.99 Å². The summed E-state index contributed by atoms with van der Waals surface area (Å²) in [5.74, 6) is 0.845. The number of likely N-dealkylation sites (N-methyl/N-ethyl adjacent to an activating group) is 1. The maximum Gasteiger partial charge on any atom is 0.157 e. The van der Waals surface area contributed by atoms with Crippen LogP contribution in [0, 0.1) is 0 Å². The predicted octanol–water partition coefficient (Wildman–Crippen LogP) is 2.60. The number of hydrogen-bond acceptors (Lipinski definition) is 4. The van der Waals surface area contributed by atoms with Crippen LogP contribution in [0.3, 0.4) is 0 Å². The molecule has 4 heteroatoms. The fraction of sp³-hybridized carbons (Fsp3) is 0.278. The Hall–Kier alpha value is -2.49. The summed E-state index contributed by atoms with van der Waals surface area (Å²) in [4.78, 5) is 6.86. The molecule has 0 bridgehead atoms. The normalized spacial score (nSPS) is 17.6. The summed E-state index contributed by atoms with van der Waals surface area (Å²) in [6.07, 6.45) is 1.64. The standard InChI is InChI=1S/C18H20N2O2/c1-20-15(9-13-5-3-2-4-6-13)12-19-18(20)11-14-7-8-16(21)17(22)10-14/h2-8,10,15,21-22H,9,11-12H2,1H3/t15-/m0/s1. The predicted molar refractivity (Wildman–Crippen MR) is 87.5 cm³/mol. The van der Waals surface area contributed by atoms with E-state index in [-0.39, 0.29) is 11.5 Å². The zero-order valence-electron chi connectivity index (χ0n) is 12.6. The van der Waals surface area contributed by atoms with Gasteiger partial charge in [0, 0.05) is 13.5 Å². The average molecular weight is 296 g/mol. The molecule has 3 rings (SSSR count). The molecule has 0 unspecified atom stereocenters. The summed E-state index contributed by atoms with van der Waals surface area (Å²) in [7, 11) is 2.07. The molecular formula is C18H20N2O2. The molecule has 1 heterocycles. The molecule has 0 fully saturated rings. The summed E-state index contributed by atoms with van der Waals surface area (Å²) in [5.41, 5.74) is 2.26. The van der Waals surface area contributed by atoms with Gasteiger partial charge in [0.1, 0.15) is 5.84 Å². The molecule has 0 aliphatic carbocycles. The van der Waals surface area contributed by atoms with Gasteiger partial charge >= 0.3 is 0 Å². The highest BCUT2D eigenvalue weighted by Gasteiger charge is 2.24. The van der Waals surface area contributed by atoms with Crippen LogP contribution in [0.4, 0.5) is 0 Å². The Bertz CT molecular complexity index is 683. The quantitative estimate of drug-likeness (QED) is 0.853. The molecule has 0 amide bonds. The highest BCUT2D eigenvalue weighted by Crippen LogP contribution is 2.26. The Morgan fingerprint density at radius 2 is 1.82 bits per heavy atom. The second-order valence-electron chi connectivity index (χ2n) is 5.71. The van der Waals surface area contributed by atoms with E-state index in [4.69, 9.17) is 0 Å². The molecule has 0 saturated heterocycles. The Morgan fingerprint density at radius 1 is 1.05 bits per heavy atom. The number of benzene rings is 2. The molecule has 22 heavy (non-hydrogen) atoms. The van der Waals surface area contributed by atoms with E-state index in [1.54, 1.807) is 6.07 Å². The largest absolute Gasteiger partial charge is 0.504 e. The summed E-state index contributed by atoms with van der Waals surface area (Å²) in [5, 5.41) is 19.0. The molecule has 4 nitrogen and oxygen atoms in total. The number of aromatic hydroxyl groups is 2. The van der Waals surface area contributed by atoms with Gasteiger partial charge in [-0.1, -0.05) is 36.4 Å². The van der Waals surface area contributed by atoms with E-state index in [1.165, 1.54) is 11.6 Å². The van der Waals surface area contributed by atoms with Crippen molar-refractivity contribution in [3.63, 3.8) is 0 Å². The minimum Gasteiger partial charge on any atom is -0.504 e. The first-order valence-electron chi connectivity index (χ1n) is 7.44. The summed E-state index contributed by atoms with van der Waals surface area (Å²) in [6, 6.07) is 15.7. The van der Waals surface area contributed by atoms with Crippen LogP contribution < -0.4 is 0 Å². The van der Waals surface area contributed by atoms with Crippen LogP contribution in [0.5, 0.6) is 11.5 Å². The molecule has 2 aromatic rings. The first-order chi connectivity index (χ1) is 10.6. The Balaban J connectivity index is 1.65. The van der Waals surface area contributed by atoms with Crippen molar-refractivity contribution in [3.8, 4) is 11.5 Å². The van der Waals surface area contributed by atoms with Crippen molar-refractivity contribution >= 4 is 5.84 Å². The topological polar surface area (TPSA) is 56.1 Å². The fourth-order valence-electron chi connectivity index (χ4n) is 2.79. The Labute approximate surface area is 130 Å². The average Bonchev–Trinajstić information content (AvgIpc) is 2.85. The van der Waals surface area contributed by atoms with Crippen molar-refractivity contribution in [2.75, 3.05) is 13.6 Å². The van der Waals surface area contributed by atoms with Gasteiger partial charge in [-0.15, -0.1) is 0 Å². The van der Waals surface area contributed by atoms with Crippen molar-refractivity contribution in [2.45, 2.75) is 18.9 Å². The van der Waals surface area contributed by atoms with Crippen LogP contribution in [-0.2, 0) is 12.8 Å². The fourth-order valence-corrected chi connectivity index (χ4v) is 2.79. The molecule has 1 atom stereocenters. The SMILES string of the molecule is CN1C(Cc2ccc(O)c(O)c2)=NC[C@@H]1Cc1ccccc1. The molecule has 0 aromatic heterocycles. The smallest absolute Gasteiger partial charge is 0.157 e. The number of phenols is 2. The third kappa shape index (κ3) is 3.06. The van der Waals surface area contributed by atoms with E-state index < -0.39 is 0 Å². The highest BCUT2D eigenvalue weighted by molar-refractivity contribution is 5.86. The van der Waals surface area contributed by atoms with Gasteiger partial charge in [-0.25, -0.2) is 0 Å². The number of nitrogens with zero attached hydrogens (tertiary/aromatic N) is 2. The maximum atomic E-state index is 9.58. The van der Waals surface area contributed by atoms with Gasteiger partial charge in [0.25, 0.3) is 0 Å². The first-order valence-corrected chi connectivity index (χ1v) is 7.44. The lowest BCUT2D eigenvalue weighted by molar-refractivity contribution is 0.396. The van der Waals surface area contributed by atoms with Crippen molar-refractivity contribution < 1.29 is 10.2 Å². The van der Waals surface area contributed by atoms with E-state index in [2.05, 4.69) is 41.2 Å². The molecule has 0 spiro atoms. The number of phenolic OH excluding ortho intramolecular Hbond substituents is 2. The van der Waals surface area contributed by atoms with Crippen molar-refractivity contribution in [3.05, 3.63) is 59.7 Å². The minimum atomic E-state index is -0.0904. The molecule has 1 aliphatic rings. The van der Waals surface area contributed by atoms with Gasteiger partial charge in [0.2, 0.25) is 0 Å². The second-order valence-corrected chi connectivity index (χ2v) is 5.71. The zero-order valence-corrected chi connectivity index (χ0v) is 12.6. The van der Waals surface area contributed by atoms with E-state index in [1.807, 2.05) is 12.1 Å². The Kier molecular flexibility index (Phi) is 4.00. The zero-order chi connectivity index (χ0) is 15.5. The lowest BCUT2D eigenvalue weighted by Crippen LogP contribution is -2.35. The molecule has 1 aliphatic heterocycles. The first kappa shape index (κ1) is 14.4. The van der Waals surface area contributed by atoms with Crippen LogP contribution in [0.1, 0.15) is 11.1 Å². The molecule has 2 N–H and O–H groups in total. The highest BCUT2D eigenvalue weighted by atomic mass is 16.3. The van der Waals surface area contributed by atoms with Gasteiger partial charge < -0.3 is 15.1 Å². The van der Waals surface area contributed by atoms with Crippen LogP contribution in [0.2, 0.25) is 0 Å². The van der Waals surface area contributed by atoms with Gasteiger partial charge in [-0.05, 0) is 29.7 Å². The van der Waals surface area contributed by atoms with Gasteiger partial charge in [-0.2, -0.15) is 0 Å². The lowest BCUT2D eigenvalue weighted by atomic mass is 10.1. The van der Waals surface area contributed by atoms with Gasteiger partial charge in [0.05, 0.1) is 12.6 Å². The number of aliphatic imine (C=N–C) groups is 1. The number of amidine groups is 1. The molecular weight excluding hydrogens is 276 g/mol.